The standard InChI is InChI=1S/C18H23NO2S/c1-3-16-11-8-12-17(4-2)18(16)19-22(20,21)14-13-15-9-6-5-7-10-15/h5-12,19H,3-4,13-14H2,1-2H3. The summed E-state index contributed by atoms with van der Waals surface area (Å²) in [6.07, 6.45) is 2.14. The molecule has 0 saturated carbocycles. The van der Waals surface area contributed by atoms with Crippen LogP contribution in [0.4, 0.5) is 5.69 Å². The summed E-state index contributed by atoms with van der Waals surface area (Å²) in [6.45, 7) is 4.08. The number of aryl methyl sites for hydroxylation is 3. The van der Waals surface area contributed by atoms with E-state index in [4.69, 9.17) is 0 Å². The smallest absolute Gasteiger partial charge is 0.233 e. The summed E-state index contributed by atoms with van der Waals surface area (Å²) >= 11 is 0. The van der Waals surface area contributed by atoms with Crippen LogP contribution in [0.15, 0.2) is 48.5 Å². The highest BCUT2D eigenvalue weighted by Crippen LogP contribution is 2.24. The van der Waals surface area contributed by atoms with E-state index >= 15 is 0 Å². The van der Waals surface area contributed by atoms with E-state index in [2.05, 4.69) is 4.72 Å². The molecule has 1 N–H and O–H groups in total. The van der Waals surface area contributed by atoms with Gasteiger partial charge in [0.2, 0.25) is 10.0 Å². The third kappa shape index (κ3) is 4.34. The second-order valence-corrected chi connectivity index (χ2v) is 7.16. The first-order valence-electron chi connectivity index (χ1n) is 7.71. The van der Waals surface area contributed by atoms with Crippen LogP contribution >= 0.6 is 0 Å². The van der Waals surface area contributed by atoms with E-state index in [0.717, 1.165) is 35.2 Å². The topological polar surface area (TPSA) is 46.2 Å². The fourth-order valence-electron chi connectivity index (χ4n) is 2.48. The van der Waals surface area contributed by atoms with Gasteiger partial charge >= 0.3 is 0 Å². The maximum absolute atomic E-state index is 12.4. The van der Waals surface area contributed by atoms with Crippen LogP contribution in [-0.2, 0) is 29.3 Å². The summed E-state index contributed by atoms with van der Waals surface area (Å²) in [6, 6.07) is 15.6. The summed E-state index contributed by atoms with van der Waals surface area (Å²) < 4.78 is 27.6. The largest absolute Gasteiger partial charge is 0.283 e. The zero-order valence-electron chi connectivity index (χ0n) is 13.2. The van der Waals surface area contributed by atoms with Crippen molar-refractivity contribution in [1.29, 1.82) is 0 Å². The number of hydrogen-bond donors (Lipinski definition) is 1. The number of para-hydroxylation sites is 1. The SMILES string of the molecule is CCc1cccc(CC)c1NS(=O)(=O)CCc1ccccc1. The monoisotopic (exact) mass is 317 g/mol. The zero-order chi connectivity index (χ0) is 16.0. The second kappa shape index (κ2) is 7.45. The first-order chi connectivity index (χ1) is 10.6. The van der Waals surface area contributed by atoms with Gasteiger partial charge in [-0.1, -0.05) is 62.4 Å². The molecule has 0 aliphatic heterocycles. The molecule has 0 unspecified atom stereocenters. The lowest BCUT2D eigenvalue weighted by Gasteiger charge is -2.15. The minimum Gasteiger partial charge on any atom is -0.283 e. The molecule has 0 fully saturated rings. The second-order valence-electron chi connectivity index (χ2n) is 5.31. The van der Waals surface area contributed by atoms with Crippen LogP contribution in [0.5, 0.6) is 0 Å². The van der Waals surface area contributed by atoms with E-state index in [-0.39, 0.29) is 5.75 Å². The molecule has 0 aliphatic carbocycles. The van der Waals surface area contributed by atoms with Gasteiger partial charge in [-0.15, -0.1) is 0 Å². The lowest BCUT2D eigenvalue weighted by Crippen LogP contribution is -2.20. The van der Waals surface area contributed by atoms with E-state index in [9.17, 15) is 8.42 Å². The molecule has 0 aromatic heterocycles. The van der Waals surface area contributed by atoms with Crippen molar-refractivity contribution < 1.29 is 8.42 Å². The molecular formula is C18H23NO2S. The van der Waals surface area contributed by atoms with Gasteiger partial charge in [0.05, 0.1) is 11.4 Å². The number of nitrogens with one attached hydrogen (secondary N) is 1. The lowest BCUT2D eigenvalue weighted by molar-refractivity contribution is 0.600. The number of rotatable bonds is 7. The van der Waals surface area contributed by atoms with Crippen LogP contribution in [0, 0.1) is 0 Å². The molecule has 3 nitrogen and oxygen atoms in total. The maximum atomic E-state index is 12.4. The Balaban J connectivity index is 2.15. The average Bonchev–Trinajstić information content (AvgIpc) is 2.54. The quantitative estimate of drug-likeness (QED) is 0.844. The van der Waals surface area contributed by atoms with Crippen LogP contribution < -0.4 is 4.72 Å². The van der Waals surface area contributed by atoms with E-state index < -0.39 is 10.0 Å². The van der Waals surface area contributed by atoms with E-state index in [1.165, 1.54) is 0 Å². The molecule has 118 valence electrons. The molecule has 4 heteroatoms. The Hall–Kier alpha value is -1.81. The van der Waals surface area contributed by atoms with Gasteiger partial charge in [-0.25, -0.2) is 8.42 Å². The molecule has 0 radical (unpaired) electrons. The number of benzene rings is 2. The minimum atomic E-state index is -3.35. The molecule has 0 aliphatic rings. The lowest BCUT2D eigenvalue weighted by atomic mass is 10.0. The van der Waals surface area contributed by atoms with Gasteiger partial charge in [0.25, 0.3) is 0 Å². The zero-order valence-corrected chi connectivity index (χ0v) is 14.0. The van der Waals surface area contributed by atoms with Gasteiger partial charge in [-0.2, -0.15) is 0 Å². The van der Waals surface area contributed by atoms with Crippen molar-refractivity contribution in [3.05, 3.63) is 65.2 Å². The molecule has 22 heavy (non-hydrogen) atoms. The van der Waals surface area contributed by atoms with Gasteiger partial charge in [0.15, 0.2) is 0 Å². The Bertz CT molecular complexity index is 687. The Kier molecular flexibility index (Phi) is 5.61. The first kappa shape index (κ1) is 16.6. The van der Waals surface area contributed by atoms with Crippen molar-refractivity contribution >= 4 is 15.7 Å². The minimum absolute atomic E-state index is 0.0955. The predicted molar refractivity (Wildman–Crippen MR) is 92.8 cm³/mol. The van der Waals surface area contributed by atoms with E-state index in [1.807, 2.05) is 62.4 Å². The Morgan fingerprint density at radius 3 is 2.00 bits per heavy atom. The molecule has 0 atom stereocenters. The molecule has 0 spiro atoms. The van der Waals surface area contributed by atoms with Crippen molar-refractivity contribution in [2.75, 3.05) is 10.5 Å². The molecule has 0 amide bonds. The highest BCUT2D eigenvalue weighted by Gasteiger charge is 2.15. The fourth-order valence-corrected chi connectivity index (χ4v) is 3.66. The van der Waals surface area contributed by atoms with E-state index in [0.29, 0.717) is 6.42 Å². The van der Waals surface area contributed by atoms with Gasteiger partial charge in [0.1, 0.15) is 0 Å². The van der Waals surface area contributed by atoms with E-state index in [1.54, 1.807) is 0 Å². The summed E-state index contributed by atoms with van der Waals surface area (Å²) in [5.41, 5.74) is 3.89. The Morgan fingerprint density at radius 2 is 1.45 bits per heavy atom. The van der Waals surface area contributed by atoms with Gasteiger partial charge in [-0.05, 0) is 36.0 Å². The summed E-state index contributed by atoms with van der Waals surface area (Å²) in [7, 11) is -3.35. The van der Waals surface area contributed by atoms with Crippen LogP contribution in [0.3, 0.4) is 0 Å². The molecule has 2 rings (SSSR count). The first-order valence-corrected chi connectivity index (χ1v) is 9.36. The average molecular weight is 317 g/mol. The van der Waals surface area contributed by atoms with Gasteiger partial charge < -0.3 is 0 Å². The van der Waals surface area contributed by atoms with Crippen molar-refractivity contribution in [2.24, 2.45) is 0 Å². The summed E-state index contributed by atoms with van der Waals surface area (Å²) in [4.78, 5) is 0. The Labute approximate surface area is 133 Å². The molecule has 2 aromatic carbocycles. The molecule has 2 aromatic rings. The number of sulfonamides is 1. The molecule has 0 heterocycles. The van der Waals surface area contributed by atoms with Crippen LogP contribution in [0.2, 0.25) is 0 Å². The molecular weight excluding hydrogens is 294 g/mol. The number of hydrogen-bond acceptors (Lipinski definition) is 2. The van der Waals surface area contributed by atoms with Crippen LogP contribution in [0.25, 0.3) is 0 Å². The Morgan fingerprint density at radius 1 is 0.864 bits per heavy atom. The van der Waals surface area contributed by atoms with Crippen molar-refractivity contribution in [3.8, 4) is 0 Å². The van der Waals surface area contributed by atoms with Crippen molar-refractivity contribution in [2.45, 2.75) is 33.1 Å². The van der Waals surface area contributed by atoms with Crippen molar-refractivity contribution in [1.82, 2.24) is 0 Å². The van der Waals surface area contributed by atoms with Crippen molar-refractivity contribution in [3.63, 3.8) is 0 Å². The maximum Gasteiger partial charge on any atom is 0.233 e. The molecule has 0 saturated heterocycles. The molecule has 0 bridgehead atoms. The summed E-state index contributed by atoms with van der Waals surface area (Å²) in [5.74, 6) is 0.0955. The predicted octanol–water partition coefficient (Wildman–Crippen LogP) is 3.80. The van der Waals surface area contributed by atoms with Gasteiger partial charge in [0, 0.05) is 0 Å². The number of anilines is 1. The van der Waals surface area contributed by atoms with Crippen LogP contribution in [0.1, 0.15) is 30.5 Å². The normalized spacial score (nSPS) is 11.4. The third-order valence-corrected chi connectivity index (χ3v) is 5.02. The van der Waals surface area contributed by atoms with Crippen LogP contribution in [-0.4, -0.2) is 14.2 Å². The third-order valence-electron chi connectivity index (χ3n) is 3.76. The highest BCUT2D eigenvalue weighted by atomic mass is 32.2. The highest BCUT2D eigenvalue weighted by molar-refractivity contribution is 7.92. The summed E-state index contributed by atoms with van der Waals surface area (Å²) in [5, 5.41) is 0. The van der Waals surface area contributed by atoms with Gasteiger partial charge in [-0.3, -0.25) is 4.72 Å². The fraction of sp³-hybridized carbons (Fsp3) is 0.333.